The first-order valence-electron chi connectivity index (χ1n) is 8.22. The van der Waals surface area contributed by atoms with Crippen LogP contribution in [0.5, 0.6) is 11.5 Å². The molecular weight excluding hydrogens is 312 g/mol. The van der Waals surface area contributed by atoms with Crippen LogP contribution in [0.2, 0.25) is 0 Å². The van der Waals surface area contributed by atoms with Crippen LogP contribution in [-0.4, -0.2) is 18.5 Å². The summed E-state index contributed by atoms with van der Waals surface area (Å²) in [5, 5.41) is 10.4. The third-order valence-corrected chi connectivity index (χ3v) is 3.94. The highest BCUT2D eigenvalue weighted by Crippen LogP contribution is 2.39. The van der Waals surface area contributed by atoms with E-state index in [1.165, 1.54) is 0 Å². The zero-order valence-corrected chi connectivity index (χ0v) is 15.4. The number of methoxy groups -OCH3 is 1. The summed E-state index contributed by atoms with van der Waals surface area (Å²) in [7, 11) is 1.63. The van der Waals surface area contributed by atoms with Crippen molar-refractivity contribution >= 4 is 12.2 Å². The second-order valence-corrected chi connectivity index (χ2v) is 6.99. The molecule has 0 saturated carbocycles. The van der Waals surface area contributed by atoms with Crippen LogP contribution < -0.4 is 4.74 Å². The Balaban J connectivity index is 2.60. The zero-order valence-electron chi connectivity index (χ0n) is 15.4. The molecule has 1 atom stereocenters. The van der Waals surface area contributed by atoms with Crippen molar-refractivity contribution in [1.82, 2.24) is 0 Å². The van der Waals surface area contributed by atoms with Gasteiger partial charge in [0.05, 0.1) is 0 Å². The first-order chi connectivity index (χ1) is 11.8. The first-order valence-corrected chi connectivity index (χ1v) is 8.22. The number of hydrogen-bond acceptors (Lipinski definition) is 3. The van der Waals surface area contributed by atoms with Gasteiger partial charge in [0.25, 0.3) is 0 Å². The number of benzene rings is 2. The summed E-state index contributed by atoms with van der Waals surface area (Å²) < 4.78 is 11.7. The molecule has 0 spiro atoms. The molecule has 0 aliphatic rings. The van der Waals surface area contributed by atoms with Crippen LogP contribution >= 0.6 is 0 Å². The molecule has 0 heterocycles. The molecule has 3 heteroatoms. The van der Waals surface area contributed by atoms with E-state index in [0.29, 0.717) is 11.3 Å². The monoisotopic (exact) mass is 338 g/mol. The van der Waals surface area contributed by atoms with Crippen molar-refractivity contribution in [2.24, 2.45) is 5.41 Å². The average Bonchev–Trinajstić information content (AvgIpc) is 2.59. The van der Waals surface area contributed by atoms with E-state index in [1.54, 1.807) is 25.3 Å². The number of hydrogen-bond donors (Lipinski definition) is 1. The lowest BCUT2D eigenvalue weighted by atomic mass is 9.95. The van der Waals surface area contributed by atoms with Crippen molar-refractivity contribution in [2.75, 3.05) is 7.11 Å². The fraction of sp³-hybridized carbons (Fsp3) is 0.273. The van der Waals surface area contributed by atoms with E-state index in [2.05, 4.69) is 33.9 Å². The van der Waals surface area contributed by atoms with E-state index in [4.69, 9.17) is 9.47 Å². The summed E-state index contributed by atoms with van der Waals surface area (Å²) in [4.78, 5) is 0. The van der Waals surface area contributed by atoms with Gasteiger partial charge < -0.3 is 14.6 Å². The maximum absolute atomic E-state index is 10.4. The molecule has 0 saturated heterocycles. The summed E-state index contributed by atoms with van der Waals surface area (Å²) in [5.41, 5.74) is 3.12. The summed E-state index contributed by atoms with van der Waals surface area (Å²) in [6.45, 7) is 13.8. The predicted molar refractivity (Wildman–Crippen MR) is 105 cm³/mol. The second-order valence-electron chi connectivity index (χ2n) is 6.99. The van der Waals surface area contributed by atoms with Crippen molar-refractivity contribution in [3.63, 3.8) is 0 Å². The van der Waals surface area contributed by atoms with E-state index in [1.807, 2.05) is 30.3 Å². The van der Waals surface area contributed by atoms with Crippen molar-refractivity contribution in [2.45, 2.75) is 27.1 Å². The second kappa shape index (κ2) is 7.58. The lowest BCUT2D eigenvalue weighted by molar-refractivity contribution is -0.120. The van der Waals surface area contributed by atoms with Gasteiger partial charge in [0.1, 0.15) is 11.5 Å². The summed E-state index contributed by atoms with van der Waals surface area (Å²) in [5.74, 6) is 0.824. The minimum absolute atomic E-state index is 0.182. The van der Waals surface area contributed by atoms with E-state index in [-0.39, 0.29) is 11.2 Å². The third-order valence-electron chi connectivity index (χ3n) is 3.94. The molecule has 2 aromatic carbocycles. The fourth-order valence-electron chi connectivity index (χ4n) is 2.58. The maximum Gasteiger partial charge on any atom is 0.204 e. The smallest absolute Gasteiger partial charge is 0.204 e. The highest BCUT2D eigenvalue weighted by Gasteiger charge is 2.27. The molecule has 0 aliphatic carbocycles. The lowest BCUT2D eigenvalue weighted by Gasteiger charge is -2.30. The molecular formula is C22H26O3. The van der Waals surface area contributed by atoms with Crippen LogP contribution in [0, 0.1) is 5.41 Å². The fourth-order valence-corrected chi connectivity index (χ4v) is 2.58. The molecule has 2 rings (SSSR count). The van der Waals surface area contributed by atoms with Crippen LogP contribution in [0.3, 0.4) is 0 Å². The topological polar surface area (TPSA) is 38.7 Å². The van der Waals surface area contributed by atoms with Crippen LogP contribution in [-0.2, 0) is 4.74 Å². The Morgan fingerprint density at radius 2 is 1.52 bits per heavy atom. The van der Waals surface area contributed by atoms with E-state index >= 15 is 0 Å². The van der Waals surface area contributed by atoms with Gasteiger partial charge >= 0.3 is 0 Å². The minimum Gasteiger partial charge on any atom is -0.507 e. The van der Waals surface area contributed by atoms with Gasteiger partial charge in [0.15, 0.2) is 0 Å². The minimum atomic E-state index is -0.425. The Kier molecular flexibility index (Phi) is 5.70. The Hall–Kier alpha value is -2.52. The van der Waals surface area contributed by atoms with Crippen molar-refractivity contribution in [3.8, 4) is 22.6 Å². The largest absolute Gasteiger partial charge is 0.507 e. The number of phenolic OH excluding ortho intramolecular Hbond substituents is 1. The Labute approximate surface area is 150 Å². The highest BCUT2D eigenvalue weighted by atomic mass is 16.7. The van der Waals surface area contributed by atoms with E-state index in [9.17, 15) is 5.11 Å². The maximum atomic E-state index is 10.4. The summed E-state index contributed by atoms with van der Waals surface area (Å²) in [6, 6.07) is 11.1. The third kappa shape index (κ3) is 4.31. The van der Waals surface area contributed by atoms with Crippen LogP contribution in [0.1, 0.15) is 31.9 Å². The van der Waals surface area contributed by atoms with E-state index < -0.39 is 6.29 Å². The van der Waals surface area contributed by atoms with Gasteiger partial charge in [-0.25, -0.2) is 0 Å². The van der Waals surface area contributed by atoms with Gasteiger partial charge in [-0.05, 0) is 35.4 Å². The molecule has 132 valence electrons. The van der Waals surface area contributed by atoms with Crippen molar-refractivity contribution in [1.29, 1.82) is 0 Å². The number of aromatic hydroxyl groups is 1. The Bertz CT molecular complexity index is 769. The van der Waals surface area contributed by atoms with Crippen molar-refractivity contribution < 1.29 is 14.6 Å². The quantitative estimate of drug-likeness (QED) is 0.682. The molecule has 0 fully saturated rings. The zero-order chi connectivity index (χ0) is 18.6. The molecule has 2 aromatic rings. The normalized spacial score (nSPS) is 12.5. The Morgan fingerprint density at radius 3 is 2.04 bits per heavy atom. The van der Waals surface area contributed by atoms with Gasteiger partial charge in [-0.1, -0.05) is 58.2 Å². The van der Waals surface area contributed by atoms with Gasteiger partial charge in [-0.2, -0.15) is 0 Å². The van der Waals surface area contributed by atoms with Crippen LogP contribution in [0.25, 0.3) is 23.3 Å². The van der Waals surface area contributed by atoms with Crippen LogP contribution in [0.4, 0.5) is 0 Å². The predicted octanol–water partition coefficient (Wildman–Crippen LogP) is 5.74. The molecule has 0 aromatic heterocycles. The average molecular weight is 338 g/mol. The summed E-state index contributed by atoms with van der Waals surface area (Å²) >= 11 is 0. The molecule has 1 unspecified atom stereocenters. The standard InChI is InChI=1S/C22H26O3/c1-7-15-9-11-19(23)17(13-15)18-14-16(8-2)10-12-20(18)25-21(24-6)22(3,4)5/h7-14,21,23H,1-2H2,3-6H3. The van der Waals surface area contributed by atoms with Gasteiger partial charge in [0, 0.05) is 23.7 Å². The molecule has 3 nitrogen and oxygen atoms in total. The SMILES string of the molecule is C=Cc1ccc(O)c(-c2cc(C=C)ccc2OC(OC)C(C)(C)C)c1. The molecule has 0 aliphatic heterocycles. The van der Waals surface area contributed by atoms with Gasteiger partial charge in [-0.3, -0.25) is 0 Å². The highest BCUT2D eigenvalue weighted by molar-refractivity contribution is 5.79. The lowest BCUT2D eigenvalue weighted by Crippen LogP contribution is -2.33. The van der Waals surface area contributed by atoms with Crippen molar-refractivity contribution in [3.05, 3.63) is 60.7 Å². The molecule has 25 heavy (non-hydrogen) atoms. The number of ether oxygens (including phenoxy) is 2. The van der Waals surface area contributed by atoms with Gasteiger partial charge in [-0.15, -0.1) is 0 Å². The molecule has 0 radical (unpaired) electrons. The molecule has 1 N–H and O–H groups in total. The van der Waals surface area contributed by atoms with Gasteiger partial charge in [0.2, 0.25) is 6.29 Å². The molecule has 0 amide bonds. The molecule has 0 bridgehead atoms. The first kappa shape index (κ1) is 18.8. The number of rotatable bonds is 6. The Morgan fingerprint density at radius 1 is 0.960 bits per heavy atom. The van der Waals surface area contributed by atoms with E-state index in [0.717, 1.165) is 16.7 Å². The number of phenols is 1. The van der Waals surface area contributed by atoms with Crippen LogP contribution in [0.15, 0.2) is 49.6 Å². The summed E-state index contributed by atoms with van der Waals surface area (Å²) in [6.07, 6.45) is 3.08.